The van der Waals surface area contributed by atoms with Crippen LogP contribution in [0.25, 0.3) is 11.0 Å². The van der Waals surface area contributed by atoms with Crippen molar-refractivity contribution in [3.63, 3.8) is 0 Å². The van der Waals surface area contributed by atoms with Gasteiger partial charge in [-0.3, -0.25) is 9.59 Å². The fourth-order valence-corrected chi connectivity index (χ4v) is 7.99. The van der Waals surface area contributed by atoms with Gasteiger partial charge in [0.2, 0.25) is 5.91 Å². The van der Waals surface area contributed by atoms with Gasteiger partial charge in [-0.25, -0.2) is 9.37 Å². The van der Waals surface area contributed by atoms with Crippen molar-refractivity contribution in [1.82, 2.24) is 14.5 Å². The molecule has 7 nitrogen and oxygen atoms in total. The second kappa shape index (κ2) is 11.7. The molecule has 0 spiro atoms. The molecule has 228 valence electrons. The smallest absolute Gasteiger partial charge is 0.257 e. The number of halogens is 1. The maximum atomic E-state index is 15.3. The van der Waals surface area contributed by atoms with Crippen molar-refractivity contribution >= 4 is 34.2 Å². The molecule has 1 saturated heterocycles. The zero-order chi connectivity index (χ0) is 30.4. The average Bonchev–Trinajstić information content (AvgIpc) is 3.79. The van der Waals surface area contributed by atoms with Gasteiger partial charge >= 0.3 is 0 Å². The largest absolute Gasteiger partial charge is 0.382 e. The number of aromatic nitrogens is 2. The molecule has 8 heteroatoms. The summed E-state index contributed by atoms with van der Waals surface area (Å²) in [6.07, 6.45) is 10.1. The van der Waals surface area contributed by atoms with Crippen molar-refractivity contribution in [1.29, 1.82) is 0 Å². The predicted molar refractivity (Wildman–Crippen MR) is 171 cm³/mol. The topological polar surface area (TPSA) is 79.3 Å². The summed E-state index contributed by atoms with van der Waals surface area (Å²) < 4.78 is 17.2. The van der Waals surface area contributed by atoms with Crippen LogP contribution in [0, 0.1) is 24.6 Å². The number of rotatable bonds is 6. The van der Waals surface area contributed by atoms with E-state index in [4.69, 9.17) is 0 Å². The van der Waals surface area contributed by atoms with Gasteiger partial charge in [-0.15, -0.1) is 0 Å². The SMILES string of the molecule is Cc1cccc(F)c1C(=O)N1C(c2ccc(NC3CCCC3)cc2)C(C(=O)Nc2ccc3ncn(C)c3c2)C[C@@H]2CCC[C@@H]21. The van der Waals surface area contributed by atoms with Crippen molar-refractivity contribution < 1.29 is 14.0 Å². The van der Waals surface area contributed by atoms with Crippen LogP contribution >= 0.6 is 0 Å². The molecule has 44 heavy (non-hydrogen) atoms. The highest BCUT2D eigenvalue weighted by atomic mass is 19.1. The Morgan fingerprint density at radius 2 is 1.70 bits per heavy atom. The minimum atomic E-state index is -0.526. The number of carbonyl (C=O) groups excluding carboxylic acids is 2. The van der Waals surface area contributed by atoms with Crippen molar-refractivity contribution in [3.8, 4) is 0 Å². The second-order valence-electron chi connectivity index (χ2n) is 13.0. The van der Waals surface area contributed by atoms with E-state index in [9.17, 15) is 9.59 Å². The molecule has 0 bridgehead atoms. The molecule has 7 rings (SSSR count). The maximum absolute atomic E-state index is 15.3. The lowest BCUT2D eigenvalue weighted by Gasteiger charge is -2.48. The zero-order valence-corrected chi connectivity index (χ0v) is 25.4. The van der Waals surface area contributed by atoms with Gasteiger partial charge in [0.15, 0.2) is 0 Å². The molecule has 3 fully saturated rings. The first-order chi connectivity index (χ1) is 21.4. The third kappa shape index (κ3) is 5.24. The van der Waals surface area contributed by atoms with Crippen molar-refractivity contribution in [3.05, 3.63) is 89.5 Å². The highest BCUT2D eigenvalue weighted by molar-refractivity contribution is 5.99. The molecule has 2 saturated carbocycles. The fraction of sp³-hybridized carbons (Fsp3) is 0.417. The molecule has 4 atom stereocenters. The summed E-state index contributed by atoms with van der Waals surface area (Å²) in [6.45, 7) is 1.78. The van der Waals surface area contributed by atoms with Gasteiger partial charge < -0.3 is 20.1 Å². The second-order valence-corrected chi connectivity index (χ2v) is 13.0. The third-order valence-corrected chi connectivity index (χ3v) is 10.2. The third-order valence-electron chi connectivity index (χ3n) is 10.2. The first-order valence-corrected chi connectivity index (χ1v) is 16.0. The lowest BCUT2D eigenvalue weighted by atomic mass is 9.76. The van der Waals surface area contributed by atoms with Crippen LogP contribution in [-0.4, -0.2) is 38.3 Å². The summed E-state index contributed by atoms with van der Waals surface area (Å²) in [7, 11) is 1.93. The molecule has 2 unspecified atom stereocenters. The van der Waals surface area contributed by atoms with Gasteiger partial charge in [-0.2, -0.15) is 0 Å². The van der Waals surface area contributed by atoms with E-state index in [0.717, 1.165) is 41.5 Å². The molecule has 2 heterocycles. The van der Waals surface area contributed by atoms with Gasteiger partial charge in [0.25, 0.3) is 5.91 Å². The Hall–Kier alpha value is -4.20. The van der Waals surface area contributed by atoms with E-state index >= 15 is 4.39 Å². The number of hydrogen-bond acceptors (Lipinski definition) is 4. The molecular formula is C36H40FN5O2. The molecule has 3 aliphatic rings. The fourth-order valence-electron chi connectivity index (χ4n) is 7.99. The number of fused-ring (bicyclic) bond motifs is 2. The summed E-state index contributed by atoms with van der Waals surface area (Å²) in [5.41, 5.74) is 5.13. The van der Waals surface area contributed by atoms with Crippen LogP contribution in [0.5, 0.6) is 0 Å². The maximum Gasteiger partial charge on any atom is 0.257 e. The van der Waals surface area contributed by atoms with Gasteiger partial charge in [-0.1, -0.05) is 43.5 Å². The van der Waals surface area contributed by atoms with Crippen LogP contribution < -0.4 is 10.6 Å². The Bertz CT molecular complexity index is 1670. The minimum absolute atomic E-state index is 0.0439. The standard InChI is InChI=1S/C36H40FN5O2/c1-22-7-5-11-29(37)33(22)36(44)42-31-12-6-8-24(31)19-28(35(43)40-27-17-18-30-32(20-27)41(2)21-38-30)34(42)23-13-15-26(16-14-23)39-25-9-3-4-10-25/h5,7,11,13-18,20-21,24-25,28,31,34,39H,3-4,6,8-10,12,19H2,1-2H3,(H,40,43)/t24-,28?,31-,34?/m0/s1. The summed E-state index contributed by atoms with van der Waals surface area (Å²) in [5, 5.41) is 6.83. The number of amides is 2. The first-order valence-electron chi connectivity index (χ1n) is 16.0. The normalized spacial score (nSPS) is 23.6. The quantitative estimate of drug-likeness (QED) is 0.244. The van der Waals surface area contributed by atoms with Gasteiger partial charge in [0.05, 0.1) is 34.9 Å². The number of imidazole rings is 1. The molecule has 2 N–H and O–H groups in total. The molecular weight excluding hydrogens is 553 g/mol. The number of carbonyl (C=O) groups is 2. The summed E-state index contributed by atoms with van der Waals surface area (Å²) in [5.74, 6) is -1.29. The molecule has 1 aliphatic heterocycles. The number of likely N-dealkylation sites (tertiary alicyclic amines) is 1. The first kappa shape index (κ1) is 28.6. The lowest BCUT2D eigenvalue weighted by molar-refractivity contribution is -0.125. The molecule has 1 aromatic heterocycles. The molecule has 4 aromatic rings. The molecule has 3 aromatic carbocycles. The number of nitrogens with one attached hydrogen (secondary N) is 2. The van der Waals surface area contributed by atoms with Crippen LogP contribution in [0.1, 0.15) is 78.9 Å². The van der Waals surface area contributed by atoms with E-state index < -0.39 is 17.8 Å². The molecule has 2 aliphatic carbocycles. The lowest BCUT2D eigenvalue weighted by Crippen LogP contribution is -2.54. The number of hydrogen-bond donors (Lipinski definition) is 2. The average molecular weight is 594 g/mol. The Balaban J connectivity index is 1.27. The van der Waals surface area contributed by atoms with E-state index in [1.165, 1.54) is 31.7 Å². The van der Waals surface area contributed by atoms with Crippen LogP contribution in [0.3, 0.4) is 0 Å². The van der Waals surface area contributed by atoms with E-state index in [0.29, 0.717) is 23.7 Å². The zero-order valence-electron chi connectivity index (χ0n) is 25.4. The van der Waals surface area contributed by atoms with Gasteiger partial charge in [0, 0.05) is 30.5 Å². The minimum Gasteiger partial charge on any atom is -0.382 e. The number of nitrogens with zero attached hydrogens (tertiary/aromatic N) is 3. The number of anilines is 2. The highest BCUT2D eigenvalue weighted by Crippen LogP contribution is 2.49. The predicted octanol–water partition coefficient (Wildman–Crippen LogP) is 7.39. The van der Waals surface area contributed by atoms with Crippen molar-refractivity contribution in [2.45, 2.75) is 76.4 Å². The highest BCUT2D eigenvalue weighted by Gasteiger charge is 2.50. The van der Waals surface area contributed by atoms with Gasteiger partial charge in [-0.05, 0) is 92.5 Å². The molecule has 0 radical (unpaired) electrons. The van der Waals surface area contributed by atoms with E-state index in [2.05, 4.69) is 27.8 Å². The van der Waals surface area contributed by atoms with Gasteiger partial charge in [0.1, 0.15) is 5.82 Å². The van der Waals surface area contributed by atoms with E-state index in [1.807, 2.05) is 46.8 Å². The summed E-state index contributed by atoms with van der Waals surface area (Å²) in [4.78, 5) is 35.0. The summed E-state index contributed by atoms with van der Waals surface area (Å²) in [6, 6.07) is 18.6. The number of piperidine rings is 1. The van der Waals surface area contributed by atoms with E-state index in [-0.39, 0.29) is 29.3 Å². The number of aryl methyl sites for hydroxylation is 2. The Morgan fingerprint density at radius 1 is 0.932 bits per heavy atom. The molecule has 2 amide bonds. The van der Waals surface area contributed by atoms with Crippen molar-refractivity contribution in [2.24, 2.45) is 18.9 Å². The summed E-state index contributed by atoms with van der Waals surface area (Å²) >= 11 is 0. The van der Waals surface area contributed by atoms with Crippen LogP contribution in [0.4, 0.5) is 15.8 Å². The monoisotopic (exact) mass is 593 g/mol. The Morgan fingerprint density at radius 3 is 2.48 bits per heavy atom. The number of benzene rings is 3. The Kier molecular flexibility index (Phi) is 7.60. The van der Waals surface area contributed by atoms with E-state index in [1.54, 1.807) is 25.4 Å². The van der Waals surface area contributed by atoms with Crippen LogP contribution in [-0.2, 0) is 11.8 Å². The van der Waals surface area contributed by atoms with Crippen LogP contribution in [0.2, 0.25) is 0 Å². The van der Waals surface area contributed by atoms with Crippen molar-refractivity contribution in [2.75, 3.05) is 10.6 Å². The van der Waals surface area contributed by atoms with Crippen LogP contribution in [0.15, 0.2) is 67.0 Å². The Labute approximate surface area is 257 Å².